The molecule has 2 aliphatic rings. The zero-order chi connectivity index (χ0) is 20.8. The quantitative estimate of drug-likeness (QED) is 0.540. The topological polar surface area (TPSA) is 75.6 Å². The Morgan fingerprint density at radius 3 is 2.47 bits per heavy atom. The third kappa shape index (κ3) is 3.87. The first-order valence-electron chi connectivity index (χ1n) is 11.1. The van der Waals surface area contributed by atoms with Crippen LogP contribution in [0, 0.1) is 25.7 Å². The normalized spacial score (nSPS) is 21.5. The van der Waals surface area contributed by atoms with Gasteiger partial charge in [-0.3, -0.25) is 4.98 Å². The van der Waals surface area contributed by atoms with E-state index in [1.807, 2.05) is 19.2 Å². The molecule has 3 heterocycles. The van der Waals surface area contributed by atoms with Crippen LogP contribution in [0.5, 0.6) is 0 Å². The lowest BCUT2D eigenvalue weighted by molar-refractivity contribution is 0.393. The number of nitrogens with zero attached hydrogens (tertiary/aromatic N) is 4. The Morgan fingerprint density at radius 2 is 1.77 bits per heavy atom. The Balaban J connectivity index is 1.53. The van der Waals surface area contributed by atoms with Gasteiger partial charge in [0.25, 0.3) is 0 Å². The van der Waals surface area contributed by atoms with Crippen LogP contribution in [0.4, 0.5) is 11.8 Å². The van der Waals surface area contributed by atoms with Crippen LogP contribution in [-0.2, 0) is 0 Å². The van der Waals surface area contributed by atoms with Gasteiger partial charge in [-0.15, -0.1) is 11.3 Å². The van der Waals surface area contributed by atoms with Gasteiger partial charge in [0.15, 0.2) is 0 Å². The van der Waals surface area contributed by atoms with Gasteiger partial charge >= 0.3 is 0 Å². The highest BCUT2D eigenvalue weighted by molar-refractivity contribution is 7.21. The van der Waals surface area contributed by atoms with Gasteiger partial charge in [-0.2, -0.15) is 4.98 Å². The molecule has 0 radical (unpaired) electrons. The predicted molar refractivity (Wildman–Crippen MR) is 124 cm³/mol. The van der Waals surface area contributed by atoms with Crippen molar-refractivity contribution in [2.45, 2.75) is 71.9 Å². The van der Waals surface area contributed by atoms with Gasteiger partial charge in [-0.25, -0.2) is 9.97 Å². The Morgan fingerprint density at radius 1 is 0.967 bits per heavy atom. The zero-order valence-electron chi connectivity index (χ0n) is 18.2. The molecule has 2 atom stereocenters. The molecule has 2 fully saturated rings. The summed E-state index contributed by atoms with van der Waals surface area (Å²) in [6, 6.07) is 3.02. The van der Waals surface area contributed by atoms with Gasteiger partial charge in [0.2, 0.25) is 5.95 Å². The summed E-state index contributed by atoms with van der Waals surface area (Å²) in [6.45, 7) is 8.76. The minimum atomic E-state index is 0.456. The first-order valence-corrected chi connectivity index (χ1v) is 11.9. The number of anilines is 2. The SMILES string of the molecule is Cc1nc(NC2CC2)nc(NC2CCC(C(C)C)C2)c1-c1nc2c(C)nccc2s1. The fraction of sp³-hybridized carbons (Fsp3) is 0.565. The summed E-state index contributed by atoms with van der Waals surface area (Å²) in [7, 11) is 0. The molecule has 0 aliphatic heterocycles. The van der Waals surface area contributed by atoms with Crippen LogP contribution in [0.1, 0.15) is 57.3 Å². The van der Waals surface area contributed by atoms with Crippen LogP contribution < -0.4 is 10.6 Å². The van der Waals surface area contributed by atoms with Gasteiger partial charge in [0.1, 0.15) is 16.3 Å². The van der Waals surface area contributed by atoms with Crippen molar-refractivity contribution in [2.24, 2.45) is 11.8 Å². The molecule has 0 bridgehead atoms. The van der Waals surface area contributed by atoms with E-state index in [1.54, 1.807) is 11.3 Å². The Bertz CT molecular complexity index is 1070. The van der Waals surface area contributed by atoms with Crippen LogP contribution in [0.15, 0.2) is 12.3 Å². The number of hydrogen-bond donors (Lipinski definition) is 2. The van der Waals surface area contributed by atoms with Gasteiger partial charge in [-0.05, 0) is 63.9 Å². The standard InChI is InChI=1S/C23H30N6S/c1-12(2)15-5-6-17(11-15)26-21-19(13(3)25-23(29-21)27-16-7-8-16)22-28-20-14(4)24-10-9-18(20)30-22/h9-10,12,15-17H,5-8,11H2,1-4H3,(H2,25,26,27,29). The maximum atomic E-state index is 4.94. The second kappa shape index (κ2) is 7.76. The highest BCUT2D eigenvalue weighted by Gasteiger charge is 2.29. The molecule has 0 aromatic carbocycles. The van der Waals surface area contributed by atoms with Crippen molar-refractivity contribution in [2.75, 3.05) is 10.6 Å². The van der Waals surface area contributed by atoms with Crippen molar-refractivity contribution >= 4 is 33.3 Å². The minimum absolute atomic E-state index is 0.456. The lowest BCUT2D eigenvalue weighted by Gasteiger charge is -2.19. The Hall–Kier alpha value is -2.28. The zero-order valence-corrected chi connectivity index (χ0v) is 19.0. The number of hydrogen-bond acceptors (Lipinski definition) is 7. The van der Waals surface area contributed by atoms with Crippen LogP contribution in [0.3, 0.4) is 0 Å². The Kier molecular flexibility index (Phi) is 5.09. The van der Waals surface area contributed by atoms with E-state index in [-0.39, 0.29) is 0 Å². The molecule has 3 aromatic rings. The molecule has 3 aromatic heterocycles. The average Bonchev–Trinajstić information content (AvgIpc) is 3.20. The summed E-state index contributed by atoms with van der Waals surface area (Å²) < 4.78 is 1.16. The highest BCUT2D eigenvalue weighted by atomic mass is 32.1. The van der Waals surface area contributed by atoms with E-state index in [0.717, 1.165) is 55.8 Å². The first kappa shape index (κ1) is 19.7. The third-order valence-electron chi connectivity index (χ3n) is 6.46. The molecular weight excluding hydrogens is 392 g/mol. The molecule has 0 amide bonds. The second-order valence-corrected chi connectivity index (χ2v) is 10.2. The smallest absolute Gasteiger partial charge is 0.225 e. The van der Waals surface area contributed by atoms with Crippen LogP contribution in [0.25, 0.3) is 20.8 Å². The van der Waals surface area contributed by atoms with Crippen molar-refractivity contribution in [3.63, 3.8) is 0 Å². The molecule has 7 heteroatoms. The fourth-order valence-corrected chi connectivity index (χ4v) is 5.55. The number of nitrogens with one attached hydrogen (secondary N) is 2. The number of aromatic nitrogens is 4. The molecule has 2 N–H and O–H groups in total. The molecule has 158 valence electrons. The monoisotopic (exact) mass is 422 g/mol. The van der Waals surface area contributed by atoms with Crippen molar-refractivity contribution in [3.05, 3.63) is 23.7 Å². The Labute approximate surface area is 182 Å². The van der Waals surface area contributed by atoms with Crippen molar-refractivity contribution < 1.29 is 0 Å². The van der Waals surface area contributed by atoms with Gasteiger partial charge in [0, 0.05) is 18.3 Å². The van der Waals surface area contributed by atoms with E-state index < -0.39 is 0 Å². The third-order valence-corrected chi connectivity index (χ3v) is 7.50. The van der Waals surface area contributed by atoms with Crippen LogP contribution in [0.2, 0.25) is 0 Å². The van der Waals surface area contributed by atoms with Crippen molar-refractivity contribution in [1.29, 1.82) is 0 Å². The molecular formula is C23H30N6S. The second-order valence-electron chi connectivity index (χ2n) is 9.20. The predicted octanol–water partition coefficient (Wildman–Crippen LogP) is 5.58. The molecule has 5 rings (SSSR count). The molecule has 0 saturated heterocycles. The number of pyridine rings is 1. The summed E-state index contributed by atoms with van der Waals surface area (Å²) in [6.07, 6.45) is 7.95. The van der Waals surface area contributed by atoms with Gasteiger partial charge in [-0.1, -0.05) is 13.8 Å². The summed E-state index contributed by atoms with van der Waals surface area (Å²) in [5.74, 6) is 3.17. The first-order chi connectivity index (χ1) is 14.5. The lowest BCUT2D eigenvalue weighted by atomic mass is 9.94. The maximum Gasteiger partial charge on any atom is 0.225 e. The minimum Gasteiger partial charge on any atom is -0.367 e. The van der Waals surface area contributed by atoms with E-state index in [9.17, 15) is 0 Å². The summed E-state index contributed by atoms with van der Waals surface area (Å²) in [5.41, 5.74) is 3.94. The number of rotatable bonds is 6. The molecule has 0 spiro atoms. The van der Waals surface area contributed by atoms with Crippen molar-refractivity contribution in [3.8, 4) is 10.6 Å². The van der Waals surface area contributed by atoms with E-state index in [4.69, 9.17) is 15.0 Å². The molecule has 2 saturated carbocycles. The highest BCUT2D eigenvalue weighted by Crippen LogP contribution is 2.39. The van der Waals surface area contributed by atoms with Crippen molar-refractivity contribution in [1.82, 2.24) is 19.9 Å². The van der Waals surface area contributed by atoms with Gasteiger partial charge in [0.05, 0.1) is 21.7 Å². The van der Waals surface area contributed by atoms with E-state index in [2.05, 4.69) is 36.4 Å². The fourth-order valence-electron chi connectivity index (χ4n) is 4.44. The molecule has 2 unspecified atom stereocenters. The maximum absolute atomic E-state index is 4.94. The number of thiazole rings is 1. The molecule has 30 heavy (non-hydrogen) atoms. The van der Waals surface area contributed by atoms with Crippen LogP contribution >= 0.6 is 11.3 Å². The van der Waals surface area contributed by atoms with E-state index in [0.29, 0.717) is 12.1 Å². The van der Waals surface area contributed by atoms with E-state index >= 15 is 0 Å². The van der Waals surface area contributed by atoms with E-state index in [1.165, 1.54) is 32.1 Å². The lowest BCUT2D eigenvalue weighted by Crippen LogP contribution is -2.19. The molecule has 6 nitrogen and oxygen atoms in total. The summed E-state index contributed by atoms with van der Waals surface area (Å²) >= 11 is 1.70. The summed E-state index contributed by atoms with van der Waals surface area (Å²) in [5, 5.41) is 8.23. The van der Waals surface area contributed by atoms with Gasteiger partial charge < -0.3 is 10.6 Å². The van der Waals surface area contributed by atoms with Crippen LogP contribution in [-0.4, -0.2) is 32.0 Å². The largest absolute Gasteiger partial charge is 0.367 e. The molecule has 2 aliphatic carbocycles. The number of aryl methyl sites for hydroxylation is 2. The number of fused-ring (bicyclic) bond motifs is 1. The summed E-state index contributed by atoms with van der Waals surface area (Å²) in [4.78, 5) is 19.1. The average molecular weight is 423 g/mol.